The molecule has 0 N–H and O–H groups in total. The molecule has 5 heteroatoms. The molecule has 0 radical (unpaired) electrons. The van der Waals surface area contributed by atoms with Crippen LogP contribution in [0.25, 0.3) is 10.8 Å². The van der Waals surface area contributed by atoms with Crippen molar-refractivity contribution in [2.45, 2.75) is 19.8 Å². The van der Waals surface area contributed by atoms with Gasteiger partial charge in [-0.15, -0.1) is 0 Å². The molecule has 20 heavy (non-hydrogen) atoms. The summed E-state index contributed by atoms with van der Waals surface area (Å²) in [7, 11) is 0. The van der Waals surface area contributed by atoms with Gasteiger partial charge in [0.05, 0.1) is 0 Å². The summed E-state index contributed by atoms with van der Waals surface area (Å²) in [5.41, 5.74) is 1.24. The van der Waals surface area contributed by atoms with Crippen LogP contribution < -0.4 is 4.90 Å². The molecular formula is C15H17ClIN3. The van der Waals surface area contributed by atoms with E-state index in [9.17, 15) is 0 Å². The number of rotatable bonds is 3. The van der Waals surface area contributed by atoms with E-state index in [1.165, 1.54) is 15.4 Å². The molecule has 1 aliphatic heterocycles. The quantitative estimate of drug-likeness (QED) is 0.437. The third-order valence-corrected chi connectivity index (χ3v) is 5.30. The van der Waals surface area contributed by atoms with Crippen LogP contribution in [-0.4, -0.2) is 27.5 Å². The smallest absolute Gasteiger partial charge is 0.138 e. The number of hydrogen-bond acceptors (Lipinski definition) is 3. The average molecular weight is 402 g/mol. The Morgan fingerprint density at radius 2 is 2.05 bits per heavy atom. The molecule has 2 aromatic heterocycles. The molecule has 1 saturated heterocycles. The molecular weight excluding hydrogens is 385 g/mol. The van der Waals surface area contributed by atoms with Crippen molar-refractivity contribution in [1.29, 1.82) is 0 Å². The molecule has 3 rings (SSSR count). The monoisotopic (exact) mass is 401 g/mol. The van der Waals surface area contributed by atoms with Crippen molar-refractivity contribution in [3.05, 3.63) is 29.2 Å². The zero-order valence-corrected chi connectivity index (χ0v) is 14.5. The minimum atomic E-state index is 0.427. The summed E-state index contributed by atoms with van der Waals surface area (Å²) in [6.07, 6.45) is 3.86. The zero-order chi connectivity index (χ0) is 14.3. The molecule has 0 aromatic carbocycles. The number of alkyl halides is 1. The van der Waals surface area contributed by atoms with E-state index in [0.29, 0.717) is 11.1 Å². The van der Waals surface area contributed by atoms with Crippen molar-refractivity contribution < 1.29 is 0 Å². The molecule has 1 aliphatic rings. The number of halogens is 2. The third kappa shape index (κ3) is 2.48. The Balaban J connectivity index is 2.09. The summed E-state index contributed by atoms with van der Waals surface area (Å²) in [5.74, 6) is 2.27. The van der Waals surface area contributed by atoms with E-state index < -0.39 is 0 Å². The summed E-state index contributed by atoms with van der Waals surface area (Å²) in [6.45, 7) is 6.55. The SMILES string of the molecule is CC(C)c1cnc(N2CC(CI)C2)c2cnc(Cl)cc12. The molecule has 0 amide bonds. The molecule has 0 saturated carbocycles. The van der Waals surface area contributed by atoms with Crippen molar-refractivity contribution in [3.63, 3.8) is 0 Å². The lowest BCUT2D eigenvalue weighted by molar-refractivity contribution is 0.457. The second-order valence-electron chi connectivity index (χ2n) is 5.67. The van der Waals surface area contributed by atoms with E-state index in [0.717, 1.165) is 30.2 Å². The molecule has 0 unspecified atom stereocenters. The Bertz CT molecular complexity index is 638. The van der Waals surface area contributed by atoms with Gasteiger partial charge in [0.15, 0.2) is 0 Å². The average Bonchev–Trinajstić information content (AvgIpc) is 2.36. The fourth-order valence-electron chi connectivity index (χ4n) is 2.67. The van der Waals surface area contributed by atoms with Crippen molar-refractivity contribution in [2.24, 2.45) is 5.92 Å². The zero-order valence-electron chi connectivity index (χ0n) is 11.6. The lowest BCUT2D eigenvalue weighted by atomic mass is 9.97. The summed E-state index contributed by atoms with van der Waals surface area (Å²) < 4.78 is 1.21. The Kier molecular flexibility index (Phi) is 4.04. The van der Waals surface area contributed by atoms with Gasteiger partial charge in [-0.1, -0.05) is 48.0 Å². The first-order valence-corrected chi connectivity index (χ1v) is 8.75. The van der Waals surface area contributed by atoms with Crippen LogP contribution in [0.4, 0.5) is 5.82 Å². The first-order valence-electron chi connectivity index (χ1n) is 6.85. The minimum absolute atomic E-state index is 0.427. The fourth-order valence-corrected chi connectivity index (χ4v) is 3.38. The van der Waals surface area contributed by atoms with E-state index in [2.05, 4.69) is 51.3 Å². The van der Waals surface area contributed by atoms with E-state index >= 15 is 0 Å². The van der Waals surface area contributed by atoms with E-state index in [1.54, 1.807) is 0 Å². The van der Waals surface area contributed by atoms with Crippen LogP contribution >= 0.6 is 34.2 Å². The number of aromatic nitrogens is 2. The van der Waals surface area contributed by atoms with Gasteiger partial charge in [0.2, 0.25) is 0 Å². The van der Waals surface area contributed by atoms with Crippen LogP contribution in [0, 0.1) is 5.92 Å². The van der Waals surface area contributed by atoms with Gasteiger partial charge in [0, 0.05) is 41.2 Å². The second-order valence-corrected chi connectivity index (χ2v) is 6.94. The summed E-state index contributed by atoms with van der Waals surface area (Å²) in [6, 6.07) is 1.97. The normalized spacial score (nSPS) is 15.9. The van der Waals surface area contributed by atoms with Gasteiger partial charge in [0.1, 0.15) is 11.0 Å². The third-order valence-electron chi connectivity index (χ3n) is 3.85. The summed E-state index contributed by atoms with van der Waals surface area (Å²) >= 11 is 8.53. The first-order chi connectivity index (χ1) is 9.60. The van der Waals surface area contributed by atoms with Crippen LogP contribution in [0.3, 0.4) is 0 Å². The molecule has 0 bridgehead atoms. The van der Waals surface area contributed by atoms with Crippen LogP contribution in [0.1, 0.15) is 25.3 Å². The molecule has 0 spiro atoms. The number of anilines is 1. The first kappa shape index (κ1) is 14.3. The molecule has 2 aromatic rings. The van der Waals surface area contributed by atoms with Crippen molar-refractivity contribution in [2.75, 3.05) is 22.4 Å². The van der Waals surface area contributed by atoms with Crippen LogP contribution in [0.15, 0.2) is 18.5 Å². The van der Waals surface area contributed by atoms with Crippen LogP contribution in [-0.2, 0) is 0 Å². The van der Waals surface area contributed by atoms with Gasteiger partial charge in [-0.25, -0.2) is 9.97 Å². The predicted octanol–water partition coefficient (Wildman–Crippen LogP) is 4.28. The molecule has 3 heterocycles. The highest BCUT2D eigenvalue weighted by Crippen LogP contribution is 2.34. The highest BCUT2D eigenvalue weighted by molar-refractivity contribution is 14.1. The molecule has 3 nitrogen and oxygen atoms in total. The Morgan fingerprint density at radius 1 is 1.30 bits per heavy atom. The maximum atomic E-state index is 6.07. The molecule has 0 atom stereocenters. The summed E-state index contributed by atoms with van der Waals surface area (Å²) in [4.78, 5) is 11.3. The molecule has 1 fully saturated rings. The minimum Gasteiger partial charge on any atom is -0.355 e. The van der Waals surface area contributed by atoms with Crippen molar-refractivity contribution in [3.8, 4) is 0 Å². The topological polar surface area (TPSA) is 29.0 Å². The fraction of sp³-hybridized carbons (Fsp3) is 0.467. The van der Waals surface area contributed by atoms with Gasteiger partial charge in [0.25, 0.3) is 0 Å². The Hall–Kier alpha value is -0.620. The number of nitrogens with zero attached hydrogens (tertiary/aromatic N) is 3. The largest absolute Gasteiger partial charge is 0.355 e. The van der Waals surface area contributed by atoms with Crippen LogP contribution in [0.5, 0.6) is 0 Å². The van der Waals surface area contributed by atoms with Gasteiger partial charge < -0.3 is 4.90 Å². The van der Waals surface area contributed by atoms with E-state index in [1.807, 2.05) is 18.5 Å². The van der Waals surface area contributed by atoms with Crippen LogP contribution in [0.2, 0.25) is 5.15 Å². The number of hydrogen-bond donors (Lipinski definition) is 0. The van der Waals surface area contributed by atoms with E-state index in [4.69, 9.17) is 11.6 Å². The standard InChI is InChI=1S/C15H17ClIN3/c1-9(2)12-5-19-15(20-7-10(4-17)8-20)13-6-18-14(16)3-11(12)13/h3,5-6,9-10H,4,7-8H2,1-2H3. The highest BCUT2D eigenvalue weighted by atomic mass is 127. The van der Waals surface area contributed by atoms with Gasteiger partial charge >= 0.3 is 0 Å². The number of pyridine rings is 2. The van der Waals surface area contributed by atoms with Gasteiger partial charge in [-0.05, 0) is 22.9 Å². The Labute approximate surface area is 137 Å². The van der Waals surface area contributed by atoms with E-state index in [-0.39, 0.29) is 0 Å². The van der Waals surface area contributed by atoms with Crippen molar-refractivity contribution in [1.82, 2.24) is 9.97 Å². The lowest BCUT2D eigenvalue weighted by Crippen LogP contribution is -2.48. The highest BCUT2D eigenvalue weighted by Gasteiger charge is 2.28. The molecule has 106 valence electrons. The van der Waals surface area contributed by atoms with Gasteiger partial charge in [-0.3, -0.25) is 0 Å². The second kappa shape index (κ2) is 5.64. The maximum absolute atomic E-state index is 6.07. The van der Waals surface area contributed by atoms with Crippen molar-refractivity contribution >= 4 is 50.8 Å². The van der Waals surface area contributed by atoms with Gasteiger partial charge in [-0.2, -0.15) is 0 Å². The summed E-state index contributed by atoms with van der Waals surface area (Å²) in [5, 5.41) is 2.85. The Morgan fingerprint density at radius 3 is 2.70 bits per heavy atom. The maximum Gasteiger partial charge on any atom is 0.138 e. The number of fused-ring (bicyclic) bond motifs is 1. The predicted molar refractivity (Wildman–Crippen MR) is 93.2 cm³/mol. The lowest BCUT2D eigenvalue weighted by Gasteiger charge is -2.40. The molecule has 0 aliphatic carbocycles.